The Balaban J connectivity index is 1.10. The number of hydrogen-bond acceptors (Lipinski definition) is 4. The van der Waals surface area contributed by atoms with Crippen LogP contribution in [-0.4, -0.2) is 15.0 Å². The van der Waals surface area contributed by atoms with E-state index >= 15 is 0 Å². The van der Waals surface area contributed by atoms with E-state index in [-0.39, 0.29) is 0 Å². The fraction of sp³-hybridized carbons (Fsp3) is 0. The minimum Gasteiger partial charge on any atom is -0.208 e. The monoisotopic (exact) mass is 743 g/mol. The van der Waals surface area contributed by atoms with Gasteiger partial charge in [0.25, 0.3) is 0 Å². The van der Waals surface area contributed by atoms with E-state index in [9.17, 15) is 0 Å². The lowest BCUT2D eigenvalue weighted by atomic mass is 9.87. The summed E-state index contributed by atoms with van der Waals surface area (Å²) in [6.07, 6.45) is 0. The van der Waals surface area contributed by atoms with E-state index in [4.69, 9.17) is 15.0 Å². The van der Waals surface area contributed by atoms with Crippen molar-refractivity contribution in [1.29, 1.82) is 0 Å². The van der Waals surface area contributed by atoms with Gasteiger partial charge >= 0.3 is 0 Å². The Bertz CT molecular complexity index is 3300. The second kappa shape index (κ2) is 13.8. The van der Waals surface area contributed by atoms with Gasteiger partial charge in [0.05, 0.1) is 0 Å². The van der Waals surface area contributed by atoms with Crippen LogP contribution in [0.25, 0.3) is 109 Å². The van der Waals surface area contributed by atoms with Crippen LogP contribution in [0.5, 0.6) is 0 Å². The summed E-state index contributed by atoms with van der Waals surface area (Å²) in [6, 6.07) is 71.1. The van der Waals surface area contributed by atoms with Crippen LogP contribution in [0.1, 0.15) is 0 Å². The molecule has 0 aliphatic heterocycles. The first-order chi connectivity index (χ1) is 28.3. The van der Waals surface area contributed by atoms with Crippen molar-refractivity contribution in [3.05, 3.63) is 200 Å². The van der Waals surface area contributed by atoms with Crippen LogP contribution in [-0.2, 0) is 0 Å². The van der Waals surface area contributed by atoms with Gasteiger partial charge in [-0.15, -0.1) is 11.3 Å². The average molecular weight is 744 g/mol. The lowest BCUT2D eigenvalue weighted by Gasteiger charge is -2.17. The highest BCUT2D eigenvalue weighted by Gasteiger charge is 2.20. The number of hydrogen-bond donors (Lipinski definition) is 0. The minimum atomic E-state index is 0.649. The molecule has 0 radical (unpaired) electrons. The molecule has 0 atom stereocenters. The van der Waals surface area contributed by atoms with Gasteiger partial charge in [0.2, 0.25) is 0 Å². The highest BCUT2D eigenvalue weighted by atomic mass is 32.1. The maximum atomic E-state index is 5.29. The third-order valence-electron chi connectivity index (χ3n) is 11.0. The molecule has 0 spiro atoms. The van der Waals surface area contributed by atoms with E-state index in [1.54, 1.807) is 11.3 Å². The Morgan fingerprint density at radius 3 is 1.32 bits per heavy atom. The molecule has 4 heteroatoms. The van der Waals surface area contributed by atoms with Crippen molar-refractivity contribution in [3.63, 3.8) is 0 Å². The van der Waals surface area contributed by atoms with Crippen molar-refractivity contribution in [2.75, 3.05) is 0 Å². The van der Waals surface area contributed by atoms with Gasteiger partial charge in [0.15, 0.2) is 17.5 Å². The summed E-state index contributed by atoms with van der Waals surface area (Å²) in [5, 5.41) is 7.16. The Labute approximate surface area is 334 Å². The van der Waals surface area contributed by atoms with Gasteiger partial charge in [-0.3, -0.25) is 0 Å². The first-order valence-corrected chi connectivity index (χ1v) is 20.0. The van der Waals surface area contributed by atoms with Crippen LogP contribution in [0.4, 0.5) is 0 Å². The molecule has 11 rings (SSSR count). The SMILES string of the molecule is c1ccc(-c2nc(-c3ccc(-c4ccccc4-c4ccc(-c5ccccc5)c5ccccc45)c4ccccc34)nc(-c3cccc4c3sc3ccccc34)n2)cc1. The van der Waals surface area contributed by atoms with Gasteiger partial charge in [-0.1, -0.05) is 182 Å². The molecule has 2 aromatic heterocycles. The molecule has 2 heterocycles. The number of thiophene rings is 1. The number of aromatic nitrogens is 3. The number of nitrogens with zero attached hydrogens (tertiary/aromatic N) is 3. The maximum Gasteiger partial charge on any atom is 0.165 e. The Morgan fingerprint density at radius 1 is 0.246 bits per heavy atom. The van der Waals surface area contributed by atoms with Gasteiger partial charge in [-0.2, -0.15) is 0 Å². The third-order valence-corrected chi connectivity index (χ3v) is 12.2. The maximum absolute atomic E-state index is 5.29. The number of fused-ring (bicyclic) bond motifs is 5. The molecular formula is C53H33N3S. The summed E-state index contributed by atoms with van der Waals surface area (Å²) in [5.41, 5.74) is 10.1. The molecule has 0 amide bonds. The third kappa shape index (κ3) is 5.69. The Hall–Kier alpha value is -7.27. The first-order valence-electron chi connectivity index (χ1n) is 19.2. The molecule has 9 aromatic carbocycles. The van der Waals surface area contributed by atoms with Crippen LogP contribution in [0, 0.1) is 0 Å². The van der Waals surface area contributed by atoms with Crippen molar-refractivity contribution in [3.8, 4) is 67.5 Å². The molecule has 0 N–H and O–H groups in total. The van der Waals surface area contributed by atoms with Crippen LogP contribution < -0.4 is 0 Å². The summed E-state index contributed by atoms with van der Waals surface area (Å²) in [6.45, 7) is 0. The predicted molar refractivity (Wildman–Crippen MR) is 240 cm³/mol. The summed E-state index contributed by atoms with van der Waals surface area (Å²) >= 11 is 1.79. The zero-order valence-electron chi connectivity index (χ0n) is 30.8. The zero-order valence-corrected chi connectivity index (χ0v) is 31.6. The molecular weight excluding hydrogens is 711 g/mol. The van der Waals surface area contributed by atoms with Gasteiger partial charge in [-0.25, -0.2) is 15.0 Å². The highest BCUT2D eigenvalue weighted by molar-refractivity contribution is 7.26. The van der Waals surface area contributed by atoms with Gasteiger partial charge in [0.1, 0.15) is 0 Å². The van der Waals surface area contributed by atoms with Gasteiger partial charge < -0.3 is 0 Å². The second-order valence-electron chi connectivity index (χ2n) is 14.3. The Morgan fingerprint density at radius 2 is 0.667 bits per heavy atom. The van der Waals surface area contributed by atoms with E-state index < -0.39 is 0 Å². The van der Waals surface area contributed by atoms with Crippen molar-refractivity contribution < 1.29 is 0 Å². The van der Waals surface area contributed by atoms with Gasteiger partial charge in [0, 0.05) is 36.9 Å². The molecule has 0 unspecified atom stereocenters. The molecule has 0 saturated heterocycles. The summed E-state index contributed by atoms with van der Waals surface area (Å²) in [5.74, 6) is 1.97. The minimum absolute atomic E-state index is 0.649. The fourth-order valence-corrected chi connectivity index (χ4v) is 9.55. The van der Waals surface area contributed by atoms with Gasteiger partial charge in [-0.05, 0) is 73.1 Å². The van der Waals surface area contributed by atoms with Crippen molar-refractivity contribution in [2.45, 2.75) is 0 Å². The van der Waals surface area contributed by atoms with Crippen molar-refractivity contribution >= 4 is 53.1 Å². The molecule has 11 aromatic rings. The topological polar surface area (TPSA) is 38.7 Å². The number of benzene rings is 9. The largest absolute Gasteiger partial charge is 0.208 e. The van der Waals surface area contributed by atoms with E-state index in [0.29, 0.717) is 17.5 Å². The standard InChI is InChI=1S/C53H33N3S/c1-3-16-34(17-4-1)36-30-31-43(38-21-8-7-20-37(36)38)39-22-9-10-23-40(39)44-32-33-47(42-25-12-11-24-41(42)44)52-54-51(35-18-5-2-6-19-35)55-53(56-52)48-28-15-27-46-45-26-13-14-29-49(45)57-50(46)48/h1-33H. The Kier molecular flexibility index (Phi) is 8.01. The summed E-state index contributed by atoms with van der Waals surface area (Å²) < 4.78 is 2.43. The number of rotatable bonds is 6. The van der Waals surface area contributed by atoms with Crippen LogP contribution >= 0.6 is 11.3 Å². The lowest BCUT2D eigenvalue weighted by molar-refractivity contribution is 1.08. The first kappa shape index (κ1) is 33.1. The molecule has 0 aliphatic carbocycles. The molecule has 0 aliphatic rings. The highest BCUT2D eigenvalue weighted by Crippen LogP contribution is 2.44. The molecule has 0 bridgehead atoms. The molecule has 0 saturated carbocycles. The van der Waals surface area contributed by atoms with Crippen LogP contribution in [0.2, 0.25) is 0 Å². The van der Waals surface area contributed by atoms with E-state index in [1.807, 2.05) is 18.2 Å². The second-order valence-corrected chi connectivity index (χ2v) is 15.3. The van der Waals surface area contributed by atoms with Crippen molar-refractivity contribution in [1.82, 2.24) is 15.0 Å². The van der Waals surface area contributed by atoms with Crippen LogP contribution in [0.15, 0.2) is 200 Å². The smallest absolute Gasteiger partial charge is 0.165 e. The predicted octanol–water partition coefficient (Wildman–Crippen LogP) is 14.5. The molecule has 266 valence electrons. The quantitative estimate of drug-likeness (QED) is 0.170. The fourth-order valence-electron chi connectivity index (χ4n) is 8.34. The van der Waals surface area contributed by atoms with Crippen LogP contribution in [0.3, 0.4) is 0 Å². The molecule has 3 nitrogen and oxygen atoms in total. The zero-order chi connectivity index (χ0) is 37.7. The lowest BCUT2D eigenvalue weighted by Crippen LogP contribution is -2.01. The normalized spacial score (nSPS) is 11.5. The van der Waals surface area contributed by atoms with E-state index in [2.05, 4.69) is 182 Å². The average Bonchev–Trinajstić information content (AvgIpc) is 3.68. The molecule has 57 heavy (non-hydrogen) atoms. The molecule has 0 fully saturated rings. The van der Waals surface area contributed by atoms with Crippen molar-refractivity contribution in [2.24, 2.45) is 0 Å². The van der Waals surface area contributed by atoms with E-state index in [1.165, 1.54) is 58.8 Å². The van der Waals surface area contributed by atoms with E-state index in [0.717, 1.165) is 33.0 Å². The summed E-state index contributed by atoms with van der Waals surface area (Å²) in [7, 11) is 0. The summed E-state index contributed by atoms with van der Waals surface area (Å²) in [4.78, 5) is 15.6.